The van der Waals surface area contributed by atoms with Gasteiger partial charge in [-0.15, -0.1) is 0 Å². The standard InChI is InChI=1S/C18H18FN3O/c19-12-5-6-13-14-7-8-20-17(16(14)22-15(13)9-12)18(23)21-10-11-3-1-2-4-11/h5-9,11,22H,1-4,10H2,(H,21,23). The lowest BCUT2D eigenvalue weighted by molar-refractivity contribution is 0.0944. The number of nitrogens with one attached hydrogen (secondary N) is 2. The summed E-state index contributed by atoms with van der Waals surface area (Å²) >= 11 is 0. The Balaban J connectivity index is 1.68. The second-order valence-electron chi connectivity index (χ2n) is 6.26. The molecule has 2 heterocycles. The maximum absolute atomic E-state index is 13.4. The van der Waals surface area contributed by atoms with Crippen LogP contribution in [-0.2, 0) is 0 Å². The molecule has 4 rings (SSSR count). The van der Waals surface area contributed by atoms with Crippen LogP contribution in [0.25, 0.3) is 21.8 Å². The number of pyridine rings is 1. The average Bonchev–Trinajstić information content (AvgIpc) is 3.18. The molecule has 118 valence electrons. The fourth-order valence-corrected chi connectivity index (χ4v) is 3.51. The molecule has 0 unspecified atom stereocenters. The van der Waals surface area contributed by atoms with E-state index in [1.165, 1.54) is 37.8 Å². The van der Waals surface area contributed by atoms with Crippen molar-refractivity contribution < 1.29 is 9.18 Å². The molecule has 0 spiro atoms. The van der Waals surface area contributed by atoms with Crippen molar-refractivity contribution in [3.63, 3.8) is 0 Å². The lowest BCUT2D eigenvalue weighted by atomic mass is 10.1. The van der Waals surface area contributed by atoms with Crippen LogP contribution < -0.4 is 5.32 Å². The lowest BCUT2D eigenvalue weighted by Crippen LogP contribution is -2.29. The Morgan fingerprint density at radius 3 is 2.91 bits per heavy atom. The second-order valence-corrected chi connectivity index (χ2v) is 6.26. The Morgan fingerprint density at radius 1 is 1.26 bits per heavy atom. The smallest absolute Gasteiger partial charge is 0.272 e. The van der Waals surface area contributed by atoms with Crippen molar-refractivity contribution in [3.8, 4) is 0 Å². The predicted molar refractivity (Wildman–Crippen MR) is 87.8 cm³/mol. The molecular weight excluding hydrogens is 293 g/mol. The molecule has 5 heteroatoms. The number of fused-ring (bicyclic) bond motifs is 3. The number of nitrogens with zero attached hydrogens (tertiary/aromatic N) is 1. The van der Waals surface area contributed by atoms with Crippen LogP contribution in [0.15, 0.2) is 30.5 Å². The van der Waals surface area contributed by atoms with Gasteiger partial charge in [0.1, 0.15) is 5.82 Å². The van der Waals surface area contributed by atoms with E-state index in [4.69, 9.17) is 0 Å². The number of benzene rings is 1. The van der Waals surface area contributed by atoms with Gasteiger partial charge in [0.05, 0.1) is 5.52 Å². The fourth-order valence-electron chi connectivity index (χ4n) is 3.51. The zero-order valence-corrected chi connectivity index (χ0v) is 12.7. The molecule has 3 aromatic rings. The summed E-state index contributed by atoms with van der Waals surface area (Å²) in [6, 6.07) is 6.44. The molecule has 0 radical (unpaired) electrons. The maximum Gasteiger partial charge on any atom is 0.272 e. The van der Waals surface area contributed by atoms with Gasteiger partial charge in [0.25, 0.3) is 5.91 Å². The van der Waals surface area contributed by atoms with E-state index < -0.39 is 0 Å². The van der Waals surface area contributed by atoms with E-state index >= 15 is 0 Å². The van der Waals surface area contributed by atoms with Crippen molar-refractivity contribution >= 4 is 27.7 Å². The molecule has 0 atom stereocenters. The van der Waals surface area contributed by atoms with Gasteiger partial charge in [0.2, 0.25) is 0 Å². The monoisotopic (exact) mass is 311 g/mol. The molecule has 1 aromatic carbocycles. The molecule has 2 aromatic heterocycles. The van der Waals surface area contributed by atoms with Crippen LogP contribution in [-0.4, -0.2) is 22.4 Å². The van der Waals surface area contributed by atoms with Crippen molar-refractivity contribution in [1.82, 2.24) is 15.3 Å². The van der Waals surface area contributed by atoms with Crippen molar-refractivity contribution in [2.45, 2.75) is 25.7 Å². The maximum atomic E-state index is 13.4. The van der Waals surface area contributed by atoms with E-state index in [2.05, 4.69) is 15.3 Å². The van der Waals surface area contributed by atoms with Crippen molar-refractivity contribution in [1.29, 1.82) is 0 Å². The Kier molecular flexibility index (Phi) is 3.48. The first-order chi connectivity index (χ1) is 11.2. The summed E-state index contributed by atoms with van der Waals surface area (Å²) in [6.45, 7) is 0.700. The minimum Gasteiger partial charge on any atom is -0.352 e. The molecule has 1 amide bonds. The van der Waals surface area contributed by atoms with Gasteiger partial charge in [0, 0.05) is 29.0 Å². The minimum atomic E-state index is -0.302. The van der Waals surface area contributed by atoms with Crippen LogP contribution in [0.4, 0.5) is 4.39 Å². The third kappa shape index (κ3) is 2.56. The summed E-state index contributed by atoms with van der Waals surface area (Å²) in [5.41, 5.74) is 1.71. The first-order valence-corrected chi connectivity index (χ1v) is 8.06. The Bertz CT molecular complexity index is 880. The van der Waals surface area contributed by atoms with Crippen molar-refractivity contribution in [2.75, 3.05) is 6.54 Å². The van der Waals surface area contributed by atoms with Gasteiger partial charge >= 0.3 is 0 Å². The highest BCUT2D eigenvalue weighted by atomic mass is 19.1. The van der Waals surface area contributed by atoms with E-state index in [0.717, 1.165) is 10.8 Å². The molecule has 0 saturated heterocycles. The molecule has 4 nitrogen and oxygen atoms in total. The molecule has 0 aliphatic heterocycles. The molecule has 1 aliphatic carbocycles. The van der Waals surface area contributed by atoms with E-state index in [1.807, 2.05) is 6.07 Å². The van der Waals surface area contributed by atoms with Crippen LogP contribution in [0.5, 0.6) is 0 Å². The number of hydrogen-bond donors (Lipinski definition) is 2. The molecule has 1 saturated carbocycles. The molecular formula is C18H18FN3O. The highest BCUT2D eigenvalue weighted by Crippen LogP contribution is 2.27. The SMILES string of the molecule is O=C(NCC1CCCC1)c1nccc2c1[nH]c1cc(F)ccc12. The van der Waals surface area contributed by atoms with Crippen LogP contribution in [0.3, 0.4) is 0 Å². The van der Waals surface area contributed by atoms with Crippen molar-refractivity contribution in [2.24, 2.45) is 5.92 Å². The van der Waals surface area contributed by atoms with Gasteiger partial charge in [-0.2, -0.15) is 0 Å². The number of hydrogen-bond acceptors (Lipinski definition) is 2. The van der Waals surface area contributed by atoms with Gasteiger partial charge in [0.15, 0.2) is 5.69 Å². The van der Waals surface area contributed by atoms with Crippen LogP contribution in [0.1, 0.15) is 36.2 Å². The minimum absolute atomic E-state index is 0.172. The van der Waals surface area contributed by atoms with Crippen LogP contribution in [0, 0.1) is 11.7 Å². The number of halogens is 1. The molecule has 23 heavy (non-hydrogen) atoms. The Hall–Kier alpha value is -2.43. The number of carbonyl (C=O) groups excluding carboxylic acids is 1. The number of H-pyrrole nitrogens is 1. The third-order valence-corrected chi connectivity index (χ3v) is 4.72. The molecule has 1 fully saturated rings. The summed E-state index contributed by atoms with van der Waals surface area (Å²) in [4.78, 5) is 19.9. The van der Waals surface area contributed by atoms with Gasteiger partial charge < -0.3 is 10.3 Å². The summed E-state index contributed by atoms with van der Waals surface area (Å²) in [5, 5.41) is 4.78. The van der Waals surface area contributed by atoms with Gasteiger partial charge in [-0.1, -0.05) is 12.8 Å². The number of aromatic nitrogens is 2. The number of rotatable bonds is 3. The zero-order chi connectivity index (χ0) is 15.8. The zero-order valence-electron chi connectivity index (χ0n) is 12.7. The fraction of sp³-hybridized carbons (Fsp3) is 0.333. The topological polar surface area (TPSA) is 57.8 Å². The van der Waals surface area contributed by atoms with E-state index in [0.29, 0.717) is 29.2 Å². The second kappa shape index (κ2) is 5.65. The molecule has 2 N–H and O–H groups in total. The molecule has 1 aliphatic rings. The first kappa shape index (κ1) is 14.2. The van der Waals surface area contributed by atoms with Gasteiger partial charge in [-0.25, -0.2) is 9.37 Å². The number of carbonyl (C=O) groups is 1. The molecule has 0 bridgehead atoms. The van der Waals surface area contributed by atoms with Crippen LogP contribution in [0.2, 0.25) is 0 Å². The summed E-state index contributed by atoms with van der Waals surface area (Å²) in [5.74, 6) is 0.105. The average molecular weight is 311 g/mol. The number of amides is 1. The summed E-state index contributed by atoms with van der Waals surface area (Å²) in [7, 11) is 0. The predicted octanol–water partition coefficient (Wildman–Crippen LogP) is 3.78. The van der Waals surface area contributed by atoms with Gasteiger partial charge in [-0.3, -0.25) is 4.79 Å². The Labute approximate surface area is 133 Å². The largest absolute Gasteiger partial charge is 0.352 e. The van der Waals surface area contributed by atoms with E-state index in [9.17, 15) is 9.18 Å². The summed E-state index contributed by atoms with van der Waals surface area (Å²) < 4.78 is 13.4. The summed E-state index contributed by atoms with van der Waals surface area (Å²) in [6.07, 6.45) is 6.50. The number of aromatic amines is 1. The van der Waals surface area contributed by atoms with Crippen LogP contribution >= 0.6 is 0 Å². The van der Waals surface area contributed by atoms with E-state index in [-0.39, 0.29) is 11.7 Å². The highest BCUT2D eigenvalue weighted by Gasteiger charge is 2.19. The Morgan fingerprint density at radius 2 is 2.09 bits per heavy atom. The van der Waals surface area contributed by atoms with E-state index in [1.54, 1.807) is 12.3 Å². The van der Waals surface area contributed by atoms with Crippen molar-refractivity contribution in [3.05, 3.63) is 42.0 Å². The highest BCUT2D eigenvalue weighted by molar-refractivity contribution is 6.13. The first-order valence-electron chi connectivity index (χ1n) is 8.06. The lowest BCUT2D eigenvalue weighted by Gasteiger charge is -2.10. The normalized spacial score (nSPS) is 15.5. The van der Waals surface area contributed by atoms with Gasteiger partial charge in [-0.05, 0) is 43.0 Å². The quantitative estimate of drug-likeness (QED) is 0.773. The third-order valence-electron chi connectivity index (χ3n) is 4.72.